The quantitative estimate of drug-likeness (QED) is 0.895. The van der Waals surface area contributed by atoms with E-state index in [0.717, 1.165) is 10.6 Å². The Morgan fingerprint density at radius 3 is 2.89 bits per heavy atom. The molecule has 92 valence electrons. The molecule has 1 N–H and O–H groups in total. The van der Waals surface area contributed by atoms with Crippen LogP contribution in [0.15, 0.2) is 47.9 Å². The van der Waals surface area contributed by atoms with Crippen LogP contribution in [0.25, 0.3) is 0 Å². The van der Waals surface area contributed by atoms with Crippen LogP contribution in [0.2, 0.25) is 0 Å². The van der Waals surface area contributed by atoms with Crippen molar-refractivity contribution in [2.45, 2.75) is 17.1 Å². The van der Waals surface area contributed by atoms with Gasteiger partial charge in [-0.25, -0.2) is 9.97 Å². The van der Waals surface area contributed by atoms with Gasteiger partial charge in [0.1, 0.15) is 24.3 Å². The number of para-hydroxylation sites is 1. The molecule has 4 nitrogen and oxygen atoms in total. The molecule has 0 radical (unpaired) electrons. The van der Waals surface area contributed by atoms with Crippen LogP contribution in [0.4, 0.5) is 0 Å². The largest absolute Gasteiger partial charge is 0.485 e. The lowest BCUT2D eigenvalue weighted by molar-refractivity contribution is 0.0452. The van der Waals surface area contributed by atoms with Crippen LogP contribution in [-0.2, 0) is 0 Å². The molecule has 0 amide bonds. The molecule has 5 heteroatoms. The van der Waals surface area contributed by atoms with E-state index in [2.05, 4.69) is 9.97 Å². The molecule has 0 saturated carbocycles. The Morgan fingerprint density at radius 2 is 2.06 bits per heavy atom. The molecule has 18 heavy (non-hydrogen) atoms. The molecule has 0 fully saturated rings. The van der Waals surface area contributed by atoms with Crippen LogP contribution in [-0.4, -0.2) is 26.9 Å². The van der Waals surface area contributed by atoms with Crippen molar-refractivity contribution in [3.8, 4) is 5.75 Å². The highest BCUT2D eigenvalue weighted by Crippen LogP contribution is 2.37. The monoisotopic (exact) mass is 260 g/mol. The number of hydrogen-bond donors (Lipinski definition) is 1. The highest BCUT2D eigenvalue weighted by molar-refractivity contribution is 7.99. The zero-order chi connectivity index (χ0) is 12.4. The summed E-state index contributed by atoms with van der Waals surface area (Å²) in [5, 5.41) is 10.3. The van der Waals surface area contributed by atoms with Gasteiger partial charge >= 0.3 is 0 Å². The summed E-state index contributed by atoms with van der Waals surface area (Å²) in [5.41, 5.74) is 0.683. The summed E-state index contributed by atoms with van der Waals surface area (Å²) in [4.78, 5) is 8.94. The normalized spacial score (nSPS) is 19.7. The topological polar surface area (TPSA) is 55.2 Å². The Bertz CT molecular complexity index is 536. The van der Waals surface area contributed by atoms with Gasteiger partial charge in [-0.1, -0.05) is 12.1 Å². The molecule has 1 aliphatic heterocycles. The van der Waals surface area contributed by atoms with Gasteiger partial charge in [0.25, 0.3) is 0 Å². The molecule has 0 spiro atoms. The fraction of sp³-hybridized carbons (Fsp3) is 0.231. The first kappa shape index (κ1) is 11.5. The molecular formula is C13H12N2O2S. The minimum atomic E-state index is -0.702. The van der Waals surface area contributed by atoms with E-state index in [0.29, 0.717) is 11.3 Å². The van der Waals surface area contributed by atoms with Gasteiger partial charge in [0.15, 0.2) is 0 Å². The summed E-state index contributed by atoms with van der Waals surface area (Å²) < 4.78 is 5.82. The second-order valence-corrected chi connectivity index (χ2v) is 5.09. The number of aliphatic hydroxyl groups is 1. The van der Waals surface area contributed by atoms with E-state index >= 15 is 0 Å². The number of rotatable bonds is 2. The van der Waals surface area contributed by atoms with Gasteiger partial charge in [-0.2, -0.15) is 0 Å². The van der Waals surface area contributed by atoms with Crippen LogP contribution in [0.3, 0.4) is 0 Å². The van der Waals surface area contributed by atoms with Crippen molar-refractivity contribution in [2.24, 2.45) is 0 Å². The Kier molecular flexibility index (Phi) is 3.17. The molecule has 2 aromatic rings. The Hall–Kier alpha value is -1.59. The molecule has 1 aromatic carbocycles. The Morgan fingerprint density at radius 1 is 1.28 bits per heavy atom. The van der Waals surface area contributed by atoms with Crippen LogP contribution in [0, 0.1) is 0 Å². The maximum absolute atomic E-state index is 10.3. The average molecular weight is 260 g/mol. The van der Waals surface area contributed by atoms with Crippen molar-refractivity contribution in [3.63, 3.8) is 0 Å². The van der Waals surface area contributed by atoms with Crippen molar-refractivity contribution < 1.29 is 9.84 Å². The SMILES string of the molecule is OC(c1cncnc1)C1CSc2ccccc2O1. The minimum Gasteiger partial charge on any atom is -0.485 e. The average Bonchev–Trinajstić information content (AvgIpc) is 2.47. The highest BCUT2D eigenvalue weighted by Gasteiger charge is 2.28. The number of aromatic nitrogens is 2. The van der Waals surface area contributed by atoms with Crippen LogP contribution >= 0.6 is 11.8 Å². The van der Waals surface area contributed by atoms with Crippen LogP contribution in [0.5, 0.6) is 5.75 Å². The maximum atomic E-state index is 10.3. The van der Waals surface area contributed by atoms with Gasteiger partial charge in [0, 0.05) is 28.6 Å². The maximum Gasteiger partial charge on any atom is 0.138 e. The second kappa shape index (κ2) is 4.96. The summed E-state index contributed by atoms with van der Waals surface area (Å²) in [6, 6.07) is 7.85. The number of aliphatic hydroxyl groups excluding tert-OH is 1. The smallest absolute Gasteiger partial charge is 0.138 e. The number of hydrogen-bond acceptors (Lipinski definition) is 5. The first-order chi connectivity index (χ1) is 8.84. The van der Waals surface area contributed by atoms with Crippen LogP contribution < -0.4 is 4.74 Å². The van der Waals surface area contributed by atoms with Gasteiger partial charge in [-0.3, -0.25) is 0 Å². The number of nitrogens with zero attached hydrogens (tertiary/aromatic N) is 2. The van der Waals surface area contributed by atoms with Crippen molar-refractivity contribution in [3.05, 3.63) is 48.5 Å². The Balaban J connectivity index is 1.80. The summed E-state index contributed by atoms with van der Waals surface area (Å²) in [6.45, 7) is 0. The second-order valence-electron chi connectivity index (χ2n) is 4.03. The van der Waals surface area contributed by atoms with E-state index in [4.69, 9.17) is 4.74 Å². The van der Waals surface area contributed by atoms with Crippen LogP contribution in [0.1, 0.15) is 11.7 Å². The first-order valence-electron chi connectivity index (χ1n) is 5.66. The standard InChI is InChI=1S/C13H12N2O2S/c16-13(9-5-14-8-15-6-9)11-7-18-12-4-2-1-3-10(12)17-11/h1-6,8,11,13,16H,7H2. The molecule has 0 bridgehead atoms. The van der Waals surface area contributed by atoms with Gasteiger partial charge in [0.2, 0.25) is 0 Å². The summed E-state index contributed by atoms with van der Waals surface area (Å²) in [5.74, 6) is 1.54. The third-order valence-corrected chi connectivity index (χ3v) is 3.95. The third-order valence-electron chi connectivity index (χ3n) is 2.80. The lowest BCUT2D eigenvalue weighted by atomic mass is 10.1. The molecule has 2 unspecified atom stereocenters. The predicted molar refractivity (Wildman–Crippen MR) is 68.6 cm³/mol. The van der Waals surface area contributed by atoms with E-state index < -0.39 is 6.10 Å². The zero-order valence-electron chi connectivity index (χ0n) is 9.56. The zero-order valence-corrected chi connectivity index (χ0v) is 10.4. The number of ether oxygens (including phenoxy) is 1. The van der Waals surface area contributed by atoms with Gasteiger partial charge in [0.05, 0.1) is 0 Å². The fourth-order valence-electron chi connectivity index (χ4n) is 1.87. The van der Waals surface area contributed by atoms with Gasteiger partial charge in [-0.05, 0) is 12.1 Å². The molecule has 0 saturated heterocycles. The van der Waals surface area contributed by atoms with Gasteiger partial charge < -0.3 is 9.84 Å². The molecule has 2 heterocycles. The van der Waals surface area contributed by atoms with Crippen molar-refractivity contribution in [1.29, 1.82) is 0 Å². The molecular weight excluding hydrogens is 248 g/mol. The molecule has 1 aromatic heterocycles. The Labute approximate surface area is 109 Å². The summed E-state index contributed by atoms with van der Waals surface area (Å²) in [6.07, 6.45) is 3.71. The van der Waals surface area contributed by atoms with Crippen molar-refractivity contribution in [1.82, 2.24) is 9.97 Å². The summed E-state index contributed by atoms with van der Waals surface area (Å²) in [7, 11) is 0. The van der Waals surface area contributed by atoms with E-state index in [9.17, 15) is 5.11 Å². The number of benzene rings is 1. The van der Waals surface area contributed by atoms with E-state index in [1.165, 1.54) is 6.33 Å². The fourth-order valence-corrected chi connectivity index (χ4v) is 2.90. The third kappa shape index (κ3) is 2.19. The molecule has 2 atom stereocenters. The lowest BCUT2D eigenvalue weighted by Crippen LogP contribution is -2.30. The number of thioether (sulfide) groups is 1. The molecule has 0 aliphatic carbocycles. The van der Waals surface area contributed by atoms with Crippen molar-refractivity contribution >= 4 is 11.8 Å². The first-order valence-corrected chi connectivity index (χ1v) is 6.64. The lowest BCUT2D eigenvalue weighted by Gasteiger charge is -2.28. The summed E-state index contributed by atoms with van der Waals surface area (Å²) >= 11 is 1.69. The van der Waals surface area contributed by atoms with E-state index in [-0.39, 0.29) is 6.10 Å². The van der Waals surface area contributed by atoms with Crippen molar-refractivity contribution in [2.75, 3.05) is 5.75 Å². The highest BCUT2D eigenvalue weighted by atomic mass is 32.2. The van der Waals surface area contributed by atoms with E-state index in [1.54, 1.807) is 24.2 Å². The number of fused-ring (bicyclic) bond motifs is 1. The molecule has 3 rings (SSSR count). The van der Waals surface area contributed by atoms with Gasteiger partial charge in [-0.15, -0.1) is 11.8 Å². The van der Waals surface area contributed by atoms with E-state index in [1.807, 2.05) is 24.3 Å². The molecule has 1 aliphatic rings. The predicted octanol–water partition coefficient (Wildman–Crippen LogP) is 2.06. The minimum absolute atomic E-state index is 0.268.